The molecule has 0 aromatic rings. The third-order valence-corrected chi connectivity index (χ3v) is 11.8. The largest absolute Gasteiger partial charge is 0.412 e. The summed E-state index contributed by atoms with van der Waals surface area (Å²) in [6.45, 7) is -3.11. The van der Waals surface area contributed by atoms with Gasteiger partial charge in [-0.1, -0.05) is 10.1 Å². The number of rotatable bonds is 4. The van der Waals surface area contributed by atoms with Gasteiger partial charge in [-0.15, -0.1) is 0 Å². The lowest BCUT2D eigenvalue weighted by molar-refractivity contribution is -0.465. The van der Waals surface area contributed by atoms with E-state index in [9.17, 15) is 76.6 Å². The summed E-state index contributed by atoms with van der Waals surface area (Å²) in [5, 5.41) is 193. The van der Waals surface area contributed by atoms with Gasteiger partial charge in [0.1, 0.15) is 128 Å². The van der Waals surface area contributed by atoms with E-state index in [-0.39, 0.29) is 5.48 Å². The average molecular weight is 1060 g/mol. The van der Waals surface area contributed by atoms with Gasteiger partial charge in [-0.25, -0.2) is 21.0 Å². The number of carbonyl (C=O) groups is 1. The molecule has 22 heterocycles. The molecule has 35 nitrogen and oxygen atoms in total. The molecule has 27 unspecified atom stereocenters. The van der Waals surface area contributed by atoms with Crippen LogP contribution in [0.2, 0.25) is 0 Å². The highest BCUT2D eigenvalue weighted by atomic mass is 17.4. The molecule has 27 atom stereocenters. The number of ether oxygens (including phenoxy) is 12. The Morgan fingerprint density at radius 3 is 1.03 bits per heavy atom. The average Bonchev–Trinajstić information content (AvgIpc) is 3.33. The first kappa shape index (κ1) is 63.6. The Labute approximate surface area is 400 Å². The van der Waals surface area contributed by atoms with Crippen molar-refractivity contribution in [3.63, 3.8) is 0 Å². The fourth-order valence-electron chi connectivity index (χ4n) is 8.27. The Bertz CT molecular complexity index is 1470. The predicted octanol–water partition coefficient (Wildman–Crippen LogP) is -11.5. The van der Waals surface area contributed by atoms with Crippen molar-refractivity contribution >= 4 is 6.29 Å². The first-order valence-corrected chi connectivity index (χ1v) is 21.3. The van der Waals surface area contributed by atoms with Crippen molar-refractivity contribution in [3.8, 4) is 0 Å². The molecule has 22 aliphatic rings. The maximum atomic E-state index is 11.2. The summed E-state index contributed by atoms with van der Waals surface area (Å²) in [6, 6.07) is 0. The van der Waals surface area contributed by atoms with E-state index in [4.69, 9.17) is 82.7 Å². The molecule has 0 amide bonds. The minimum Gasteiger partial charge on any atom is -0.412 e. The fraction of sp³-hybridized carbons (Fsp3) is 0.972. The molecule has 0 aliphatic carbocycles. The van der Waals surface area contributed by atoms with E-state index < -0.39 is 212 Å². The van der Waals surface area contributed by atoms with Gasteiger partial charge in [-0.05, 0) is 6.92 Å². The zero-order valence-corrected chi connectivity index (χ0v) is 37.2. The van der Waals surface area contributed by atoms with Crippen LogP contribution in [0.1, 0.15) is 13.3 Å². The van der Waals surface area contributed by atoms with Crippen LogP contribution in [0.15, 0.2) is 0 Å². The minimum absolute atomic E-state index is 0. The zero-order chi connectivity index (χ0) is 52.1. The van der Waals surface area contributed by atoms with Crippen LogP contribution in [0, 0.1) is 0 Å². The molecule has 71 heavy (non-hydrogen) atoms. The molecule has 0 saturated carbocycles. The second-order valence-corrected chi connectivity index (χ2v) is 16.2. The van der Waals surface area contributed by atoms with Crippen molar-refractivity contribution < 1.29 is 175 Å². The summed E-state index contributed by atoms with van der Waals surface area (Å²) in [5.41, 5.74) is 0. The number of hydrogen-bond donors (Lipinski definition) is 19. The molecular formula is C36H66O35. The first-order valence-electron chi connectivity index (χ1n) is 21.3. The van der Waals surface area contributed by atoms with Gasteiger partial charge in [-0.2, -0.15) is 0 Å². The van der Waals surface area contributed by atoms with E-state index >= 15 is 0 Å². The van der Waals surface area contributed by atoms with Crippen LogP contribution >= 0.6 is 0 Å². The van der Waals surface area contributed by atoms with Gasteiger partial charge in [0, 0.05) is 6.42 Å². The molecule has 21 N–H and O–H groups in total. The van der Waals surface area contributed by atoms with Gasteiger partial charge in [0.05, 0.1) is 45.7 Å². The quantitative estimate of drug-likeness (QED) is 0.0706. The smallest absolute Gasteiger partial charge is 0.187 e. The number of aliphatic hydroxyl groups excluding tert-OH is 15. The van der Waals surface area contributed by atoms with Crippen LogP contribution in [0.3, 0.4) is 0 Å². The third kappa shape index (κ3) is 15.3. The Kier molecular flexibility index (Phi) is 27.0. The van der Waals surface area contributed by atoms with Crippen molar-refractivity contribution in [2.24, 2.45) is 0 Å². The number of aldehydes is 1. The first-order chi connectivity index (χ1) is 33.3. The van der Waals surface area contributed by atoms with Crippen LogP contribution < -0.4 is 0 Å². The predicted molar refractivity (Wildman–Crippen MR) is 210 cm³/mol. The highest BCUT2D eigenvalue weighted by Crippen LogP contribution is 2.36. The minimum atomic E-state index is -2.03. The molecule has 22 aliphatic heterocycles. The van der Waals surface area contributed by atoms with Crippen LogP contribution in [0.5, 0.6) is 0 Å². The lowest BCUT2D eigenvalue weighted by Crippen LogP contribution is -2.67. The highest BCUT2D eigenvalue weighted by Gasteiger charge is 2.56. The molecule has 0 radical (unpaired) electrons. The maximum Gasteiger partial charge on any atom is 0.187 e. The fourth-order valence-corrected chi connectivity index (χ4v) is 8.27. The second kappa shape index (κ2) is 30.2. The molecule has 22 fully saturated rings. The second-order valence-electron chi connectivity index (χ2n) is 16.2. The Morgan fingerprint density at radius 1 is 0.394 bits per heavy atom. The van der Waals surface area contributed by atoms with Gasteiger partial charge in [0.15, 0.2) is 37.7 Å². The van der Waals surface area contributed by atoms with E-state index in [1.165, 1.54) is 6.92 Å². The summed E-state index contributed by atoms with van der Waals surface area (Å²) < 4.78 is 68.0. The molecule has 420 valence electrons. The van der Waals surface area contributed by atoms with E-state index in [1.807, 2.05) is 0 Å². The van der Waals surface area contributed by atoms with E-state index in [0.717, 1.165) is 6.29 Å². The van der Waals surface area contributed by atoms with Crippen molar-refractivity contribution in [2.75, 3.05) is 39.6 Å². The van der Waals surface area contributed by atoms with Crippen molar-refractivity contribution in [3.05, 3.63) is 0 Å². The van der Waals surface area contributed by atoms with Crippen molar-refractivity contribution in [1.82, 2.24) is 0 Å². The highest BCUT2D eigenvalue weighted by molar-refractivity contribution is 5.44. The molecular weight excluding hydrogens is 992 g/mol. The van der Waals surface area contributed by atoms with Crippen molar-refractivity contribution in [1.29, 1.82) is 0 Å². The SMILES string of the molecule is CC=O.O.OCC1OC2OC3C(CO)OC(OC4COC(OC5COC(OC6C(CO)OC(OC7C(CO)OC(OC1CC2O)C(O)C7O)C(O)C6O)C(O)C5O)C(O)C4O)C(O)C3O.OOO.OOO. The lowest BCUT2D eigenvalue weighted by atomic mass is 9.96. The summed E-state index contributed by atoms with van der Waals surface area (Å²) in [5.74, 6) is 0. The van der Waals surface area contributed by atoms with Gasteiger partial charge in [-0.3, -0.25) is 0 Å². The summed E-state index contributed by atoms with van der Waals surface area (Å²) >= 11 is 0. The molecule has 22 rings (SSSR count). The van der Waals surface area contributed by atoms with Gasteiger partial charge >= 0.3 is 0 Å². The standard InChI is InChI=1S/C34H56O27.C2H4O.2H2O3.H2O/c35-2-10-9-1-8(39)29(53-10)59-26-11(3-36)55-33(24(48)18(26)42)58-15-7-50-30(21(45)17(15)41)57-14-6-51-31(22(46)16(14)40)60-27-12(4-37)56-34(25(49)20(27)44)61-28-13(5-38)54-32(52-9)23(47)19(28)43;1-2-3;2*1-3-2;/h8-49H,1-7H2;2H,1H3;2*1-2H;1H2. The van der Waals surface area contributed by atoms with Crippen LogP contribution in [0.25, 0.3) is 0 Å². The van der Waals surface area contributed by atoms with E-state index in [0.29, 0.717) is 0 Å². The number of carbonyl (C=O) groups excluding carboxylic acids is 1. The molecule has 0 aromatic carbocycles. The normalized spacial score (nSPS) is 48.1. The Morgan fingerprint density at radius 2 is 0.662 bits per heavy atom. The summed E-state index contributed by atoms with van der Waals surface area (Å²) in [6.07, 6.45) is -46.3. The van der Waals surface area contributed by atoms with Crippen LogP contribution in [-0.4, -0.2) is 315 Å². The molecule has 12 bridgehead atoms. The van der Waals surface area contributed by atoms with E-state index in [1.54, 1.807) is 0 Å². The monoisotopic (exact) mass is 1060 g/mol. The third-order valence-electron chi connectivity index (χ3n) is 11.8. The number of aliphatic hydroxyl groups is 15. The molecule has 22 saturated heterocycles. The topological polar surface area (TPSA) is 562 Å². The summed E-state index contributed by atoms with van der Waals surface area (Å²) in [4.78, 5) is 8.81. The molecule has 0 spiro atoms. The van der Waals surface area contributed by atoms with E-state index in [2.05, 4.69) is 10.1 Å². The molecule has 35 heteroatoms. The Hall–Kier alpha value is -1.69. The van der Waals surface area contributed by atoms with Gasteiger partial charge < -0.3 is 144 Å². The summed E-state index contributed by atoms with van der Waals surface area (Å²) in [7, 11) is 0. The number of hydrogen-bond acceptors (Lipinski definition) is 34. The van der Waals surface area contributed by atoms with Crippen LogP contribution in [0.4, 0.5) is 0 Å². The van der Waals surface area contributed by atoms with Gasteiger partial charge in [0.25, 0.3) is 0 Å². The van der Waals surface area contributed by atoms with Crippen LogP contribution in [-0.2, 0) is 71.7 Å². The zero-order valence-electron chi connectivity index (χ0n) is 37.2. The maximum absolute atomic E-state index is 11.2. The molecule has 0 aromatic heterocycles. The van der Waals surface area contributed by atoms with Gasteiger partial charge in [0.2, 0.25) is 0 Å². The van der Waals surface area contributed by atoms with Crippen molar-refractivity contribution in [2.45, 2.75) is 179 Å². The lowest BCUT2D eigenvalue weighted by Gasteiger charge is -2.49. The Balaban J connectivity index is 0.00000124.